The molecule has 0 bridgehead atoms. The van der Waals surface area contributed by atoms with E-state index in [1.54, 1.807) is 54.7 Å². The van der Waals surface area contributed by atoms with Crippen molar-refractivity contribution in [2.75, 3.05) is 31.4 Å². The minimum atomic E-state index is -1.09. The molecule has 2 N–H and O–H groups in total. The molecule has 9 heteroatoms. The predicted molar refractivity (Wildman–Crippen MR) is 133 cm³/mol. The number of ether oxygens (including phenoxy) is 2. The zero-order valence-electron chi connectivity index (χ0n) is 19.9. The zero-order valence-corrected chi connectivity index (χ0v) is 19.9. The van der Waals surface area contributed by atoms with Gasteiger partial charge in [0.15, 0.2) is 5.79 Å². The van der Waals surface area contributed by atoms with Crippen LogP contribution >= 0.6 is 0 Å². The van der Waals surface area contributed by atoms with Crippen LogP contribution in [-0.2, 0) is 14.3 Å². The van der Waals surface area contributed by atoms with Gasteiger partial charge >= 0.3 is 6.03 Å². The second kappa shape index (κ2) is 10.1. The highest BCUT2D eigenvalue weighted by molar-refractivity contribution is 5.99. The van der Waals surface area contributed by atoms with Crippen LogP contribution in [0.4, 0.5) is 16.2 Å². The summed E-state index contributed by atoms with van der Waals surface area (Å²) in [7, 11) is 2.98. The standard InChI is InChI=1S/C26H28N4O5/c1-18-7-9-20(10-8-18)28-25(33)30-17-26(34-2,35-3)16-22(30)24(32)27-19-11-13-21(14-12-19)29-15-5-4-6-23(29)31/h4-15,22H,16-17H2,1-3H3,(H,27,32)(H,28,33)/t22-/m1/s1. The average Bonchev–Trinajstić information content (AvgIpc) is 3.27. The fourth-order valence-electron chi connectivity index (χ4n) is 4.07. The Morgan fingerprint density at radius 2 is 1.54 bits per heavy atom. The molecule has 3 amide bonds. The van der Waals surface area contributed by atoms with Crippen molar-refractivity contribution in [2.24, 2.45) is 0 Å². The molecule has 0 spiro atoms. The molecule has 3 aromatic rings. The fraction of sp³-hybridized carbons (Fsp3) is 0.269. The lowest BCUT2D eigenvalue weighted by Gasteiger charge is -2.26. The van der Waals surface area contributed by atoms with Gasteiger partial charge < -0.3 is 25.0 Å². The minimum absolute atomic E-state index is 0.0889. The topological polar surface area (TPSA) is 102 Å². The van der Waals surface area contributed by atoms with Crippen LogP contribution in [0.2, 0.25) is 0 Å². The van der Waals surface area contributed by atoms with E-state index in [0.717, 1.165) is 5.56 Å². The smallest absolute Gasteiger partial charge is 0.322 e. The summed E-state index contributed by atoms with van der Waals surface area (Å²) in [4.78, 5) is 39.8. The van der Waals surface area contributed by atoms with E-state index in [9.17, 15) is 14.4 Å². The number of likely N-dealkylation sites (tertiary alicyclic amines) is 1. The van der Waals surface area contributed by atoms with Gasteiger partial charge in [-0.05, 0) is 49.4 Å². The van der Waals surface area contributed by atoms with Gasteiger partial charge in [0.2, 0.25) is 5.91 Å². The largest absolute Gasteiger partial charge is 0.351 e. The summed E-state index contributed by atoms with van der Waals surface area (Å²) in [6.07, 6.45) is 1.85. The Labute approximate surface area is 203 Å². The summed E-state index contributed by atoms with van der Waals surface area (Å²) in [5.74, 6) is -1.46. The summed E-state index contributed by atoms with van der Waals surface area (Å²) in [6, 6.07) is 18.0. The highest BCUT2D eigenvalue weighted by atomic mass is 16.7. The lowest BCUT2D eigenvalue weighted by molar-refractivity contribution is -0.194. The van der Waals surface area contributed by atoms with Crippen molar-refractivity contribution in [1.82, 2.24) is 9.47 Å². The molecule has 2 heterocycles. The van der Waals surface area contributed by atoms with Crippen LogP contribution in [0.5, 0.6) is 0 Å². The van der Waals surface area contributed by atoms with Gasteiger partial charge in [0.1, 0.15) is 6.04 Å². The number of hydrogen-bond donors (Lipinski definition) is 2. The Morgan fingerprint density at radius 1 is 0.914 bits per heavy atom. The highest BCUT2D eigenvalue weighted by Crippen LogP contribution is 2.32. The van der Waals surface area contributed by atoms with Crippen LogP contribution in [0.1, 0.15) is 12.0 Å². The lowest BCUT2D eigenvalue weighted by Crippen LogP contribution is -2.45. The maximum atomic E-state index is 13.3. The number of aryl methyl sites for hydroxylation is 1. The number of pyridine rings is 1. The van der Waals surface area contributed by atoms with Gasteiger partial charge in [0.25, 0.3) is 5.56 Å². The number of nitrogens with one attached hydrogen (secondary N) is 2. The number of benzene rings is 2. The van der Waals surface area contributed by atoms with E-state index in [1.165, 1.54) is 29.8 Å². The van der Waals surface area contributed by atoms with Gasteiger partial charge in [-0.15, -0.1) is 0 Å². The highest BCUT2D eigenvalue weighted by Gasteiger charge is 2.50. The molecule has 0 aliphatic carbocycles. The molecule has 9 nitrogen and oxygen atoms in total. The molecule has 1 aliphatic heterocycles. The average molecular weight is 477 g/mol. The van der Waals surface area contributed by atoms with E-state index in [2.05, 4.69) is 10.6 Å². The summed E-state index contributed by atoms with van der Waals surface area (Å²) < 4.78 is 12.6. The first-order valence-electron chi connectivity index (χ1n) is 11.2. The zero-order chi connectivity index (χ0) is 25.0. The molecular formula is C26H28N4O5. The number of anilines is 2. The SMILES string of the molecule is COC1(OC)C[C@H](C(=O)Nc2ccc(-n3ccccc3=O)cc2)N(C(=O)Nc2ccc(C)cc2)C1. The number of nitrogens with zero attached hydrogens (tertiary/aromatic N) is 2. The van der Waals surface area contributed by atoms with E-state index in [-0.39, 0.29) is 24.4 Å². The molecule has 1 saturated heterocycles. The Balaban J connectivity index is 1.51. The quantitative estimate of drug-likeness (QED) is 0.531. The van der Waals surface area contributed by atoms with Crippen LogP contribution in [0.15, 0.2) is 77.7 Å². The van der Waals surface area contributed by atoms with Crippen molar-refractivity contribution in [3.63, 3.8) is 0 Å². The normalized spacial score (nSPS) is 16.7. The van der Waals surface area contributed by atoms with Gasteiger partial charge in [-0.2, -0.15) is 0 Å². The molecule has 0 saturated carbocycles. The van der Waals surface area contributed by atoms with Crippen LogP contribution < -0.4 is 16.2 Å². The number of carbonyl (C=O) groups is 2. The van der Waals surface area contributed by atoms with E-state index in [1.807, 2.05) is 19.1 Å². The third-order valence-corrected chi connectivity index (χ3v) is 6.14. The molecule has 1 aliphatic rings. The van der Waals surface area contributed by atoms with Gasteiger partial charge in [-0.3, -0.25) is 14.2 Å². The number of methoxy groups -OCH3 is 2. The van der Waals surface area contributed by atoms with Crippen LogP contribution in [0, 0.1) is 6.92 Å². The Bertz CT molecular complexity index is 1250. The summed E-state index contributed by atoms with van der Waals surface area (Å²) in [6.45, 7) is 2.05. The number of carbonyl (C=O) groups excluding carboxylic acids is 2. The third-order valence-electron chi connectivity index (χ3n) is 6.14. The Kier molecular flexibility index (Phi) is 6.99. The molecule has 2 aromatic carbocycles. The van der Waals surface area contributed by atoms with Crippen LogP contribution in [0.25, 0.3) is 5.69 Å². The summed E-state index contributed by atoms with van der Waals surface area (Å²) in [5.41, 5.74) is 2.75. The van der Waals surface area contributed by atoms with Crippen LogP contribution in [-0.4, -0.2) is 54.0 Å². The maximum Gasteiger partial charge on any atom is 0.322 e. The van der Waals surface area contributed by atoms with Crippen molar-refractivity contribution >= 4 is 23.3 Å². The van der Waals surface area contributed by atoms with Gasteiger partial charge in [0, 0.05) is 50.0 Å². The molecule has 35 heavy (non-hydrogen) atoms. The first kappa shape index (κ1) is 24.2. The molecular weight excluding hydrogens is 448 g/mol. The van der Waals surface area contributed by atoms with Crippen molar-refractivity contribution in [1.29, 1.82) is 0 Å². The van der Waals surface area contributed by atoms with Crippen molar-refractivity contribution < 1.29 is 19.1 Å². The van der Waals surface area contributed by atoms with E-state index in [0.29, 0.717) is 17.1 Å². The van der Waals surface area contributed by atoms with Crippen LogP contribution in [0.3, 0.4) is 0 Å². The van der Waals surface area contributed by atoms with Crippen molar-refractivity contribution in [2.45, 2.75) is 25.2 Å². The van der Waals surface area contributed by atoms with Gasteiger partial charge in [0.05, 0.1) is 6.54 Å². The summed E-state index contributed by atoms with van der Waals surface area (Å²) >= 11 is 0. The second-order valence-electron chi connectivity index (χ2n) is 8.41. The maximum absolute atomic E-state index is 13.3. The molecule has 0 unspecified atom stereocenters. The number of aromatic nitrogens is 1. The number of urea groups is 1. The molecule has 1 fully saturated rings. The van der Waals surface area contributed by atoms with Crippen molar-refractivity contribution in [3.8, 4) is 5.69 Å². The number of hydrogen-bond acceptors (Lipinski definition) is 5. The molecule has 1 atom stereocenters. The Morgan fingerprint density at radius 3 is 2.17 bits per heavy atom. The predicted octanol–water partition coefficient (Wildman–Crippen LogP) is 3.38. The molecule has 182 valence electrons. The monoisotopic (exact) mass is 476 g/mol. The lowest BCUT2D eigenvalue weighted by atomic mass is 10.1. The third kappa shape index (κ3) is 5.26. The van der Waals surface area contributed by atoms with Crippen molar-refractivity contribution in [3.05, 3.63) is 88.8 Å². The second-order valence-corrected chi connectivity index (χ2v) is 8.41. The van der Waals surface area contributed by atoms with Gasteiger partial charge in [-0.1, -0.05) is 23.8 Å². The first-order valence-corrected chi connectivity index (χ1v) is 11.2. The minimum Gasteiger partial charge on any atom is -0.351 e. The number of rotatable bonds is 6. The summed E-state index contributed by atoms with van der Waals surface area (Å²) in [5, 5.41) is 5.70. The van der Waals surface area contributed by atoms with Gasteiger partial charge in [-0.25, -0.2) is 4.79 Å². The van der Waals surface area contributed by atoms with E-state index < -0.39 is 17.9 Å². The molecule has 0 radical (unpaired) electrons. The van der Waals surface area contributed by atoms with E-state index in [4.69, 9.17) is 9.47 Å². The fourth-order valence-corrected chi connectivity index (χ4v) is 4.07. The number of amides is 3. The Hall–Kier alpha value is -3.95. The van der Waals surface area contributed by atoms with E-state index >= 15 is 0 Å². The molecule has 1 aromatic heterocycles. The molecule has 4 rings (SSSR count). The first-order chi connectivity index (χ1) is 16.8.